The van der Waals surface area contributed by atoms with E-state index < -0.39 is 0 Å². The van der Waals surface area contributed by atoms with Crippen molar-refractivity contribution in [1.82, 2.24) is 4.90 Å². The summed E-state index contributed by atoms with van der Waals surface area (Å²) in [6, 6.07) is 0. The minimum atomic E-state index is 0.297. The minimum Gasteiger partial charge on any atom is -0.396 e. The molecule has 3 heteroatoms. The van der Waals surface area contributed by atoms with Crippen LogP contribution in [0.5, 0.6) is 0 Å². The molecule has 0 aliphatic heterocycles. The van der Waals surface area contributed by atoms with Crippen molar-refractivity contribution in [2.75, 3.05) is 31.6 Å². The summed E-state index contributed by atoms with van der Waals surface area (Å²) in [5.74, 6) is 0. The first kappa shape index (κ1) is 13.4. The molecule has 0 spiro atoms. The maximum atomic E-state index is 8.73. The molecule has 0 aromatic heterocycles. The van der Waals surface area contributed by atoms with Gasteiger partial charge in [-0.15, -0.1) is 0 Å². The zero-order valence-electron chi connectivity index (χ0n) is 9.02. The van der Waals surface area contributed by atoms with Crippen molar-refractivity contribution < 1.29 is 5.11 Å². The van der Waals surface area contributed by atoms with E-state index in [1.54, 1.807) is 0 Å². The summed E-state index contributed by atoms with van der Waals surface area (Å²) in [6.07, 6.45) is 0.881. The molecule has 0 fully saturated rings. The Morgan fingerprint density at radius 1 is 1.38 bits per heavy atom. The molecular formula is C10H22BrNO. The quantitative estimate of drug-likeness (QED) is 0.701. The summed E-state index contributed by atoms with van der Waals surface area (Å²) in [7, 11) is 0. The van der Waals surface area contributed by atoms with E-state index in [0.29, 0.717) is 12.0 Å². The van der Waals surface area contributed by atoms with Gasteiger partial charge in [-0.3, -0.25) is 0 Å². The highest BCUT2D eigenvalue weighted by Gasteiger charge is 2.19. The van der Waals surface area contributed by atoms with Crippen LogP contribution < -0.4 is 0 Å². The first-order valence-electron chi connectivity index (χ1n) is 4.95. The molecule has 1 N–H and O–H groups in total. The molecule has 0 aromatic rings. The highest BCUT2D eigenvalue weighted by Crippen LogP contribution is 2.19. The number of hydrogen-bond acceptors (Lipinski definition) is 2. The Balaban J connectivity index is 3.82. The first-order chi connectivity index (χ1) is 6.05. The molecule has 0 aliphatic rings. The number of aliphatic hydroxyl groups excluding tert-OH is 1. The van der Waals surface area contributed by atoms with E-state index in [9.17, 15) is 0 Å². The Morgan fingerprint density at radius 2 is 2.00 bits per heavy atom. The van der Waals surface area contributed by atoms with Crippen LogP contribution >= 0.6 is 15.9 Å². The van der Waals surface area contributed by atoms with Crippen molar-refractivity contribution in [1.29, 1.82) is 0 Å². The van der Waals surface area contributed by atoms with Gasteiger partial charge in [0, 0.05) is 25.0 Å². The summed E-state index contributed by atoms with van der Waals surface area (Å²) >= 11 is 3.52. The molecule has 0 atom stereocenters. The fourth-order valence-corrected chi connectivity index (χ4v) is 1.47. The number of alkyl halides is 1. The van der Waals surface area contributed by atoms with E-state index in [1.807, 2.05) is 0 Å². The number of rotatable bonds is 7. The first-order valence-corrected chi connectivity index (χ1v) is 6.07. The summed E-state index contributed by atoms with van der Waals surface area (Å²) in [5.41, 5.74) is 0.325. The van der Waals surface area contributed by atoms with E-state index in [-0.39, 0.29) is 0 Å². The van der Waals surface area contributed by atoms with Gasteiger partial charge in [0.05, 0.1) is 0 Å². The van der Waals surface area contributed by atoms with Crippen LogP contribution in [0.25, 0.3) is 0 Å². The monoisotopic (exact) mass is 251 g/mol. The minimum absolute atomic E-state index is 0.297. The second-order valence-electron chi connectivity index (χ2n) is 4.24. The lowest BCUT2D eigenvalue weighted by atomic mass is 9.96. The third-order valence-corrected chi connectivity index (χ3v) is 3.61. The standard InChI is InChI=1S/C10H22BrNO/c1-4-12(6-5-7-13)9-10(2,3)8-11/h13H,4-9H2,1-3H3. The molecule has 0 saturated heterocycles. The van der Waals surface area contributed by atoms with Crippen LogP contribution in [0.2, 0.25) is 0 Å². The molecule has 80 valence electrons. The molecule has 2 nitrogen and oxygen atoms in total. The zero-order chi connectivity index (χ0) is 10.3. The van der Waals surface area contributed by atoms with E-state index in [1.165, 1.54) is 0 Å². The second kappa shape index (κ2) is 6.80. The molecule has 0 saturated carbocycles. The summed E-state index contributed by atoms with van der Waals surface area (Å²) < 4.78 is 0. The van der Waals surface area contributed by atoms with Crippen LogP contribution in [-0.4, -0.2) is 41.6 Å². The third-order valence-electron chi connectivity index (χ3n) is 2.09. The average molecular weight is 252 g/mol. The molecule has 0 radical (unpaired) electrons. The van der Waals surface area contributed by atoms with Gasteiger partial charge in [0.1, 0.15) is 0 Å². The van der Waals surface area contributed by atoms with E-state index in [2.05, 4.69) is 41.6 Å². The van der Waals surface area contributed by atoms with Gasteiger partial charge in [0.15, 0.2) is 0 Å². The maximum absolute atomic E-state index is 8.73. The van der Waals surface area contributed by atoms with Gasteiger partial charge in [-0.2, -0.15) is 0 Å². The Kier molecular flexibility index (Phi) is 7.00. The lowest BCUT2D eigenvalue weighted by molar-refractivity contribution is 0.182. The smallest absolute Gasteiger partial charge is 0.0443 e. The zero-order valence-corrected chi connectivity index (χ0v) is 10.6. The molecule has 0 bridgehead atoms. The highest BCUT2D eigenvalue weighted by molar-refractivity contribution is 9.09. The van der Waals surface area contributed by atoms with Crippen molar-refractivity contribution in [2.45, 2.75) is 27.2 Å². The normalized spacial score (nSPS) is 12.5. The van der Waals surface area contributed by atoms with Gasteiger partial charge in [-0.05, 0) is 18.4 Å². The predicted molar refractivity (Wildman–Crippen MR) is 61.4 cm³/mol. The topological polar surface area (TPSA) is 23.5 Å². The maximum Gasteiger partial charge on any atom is 0.0443 e. The van der Waals surface area contributed by atoms with Gasteiger partial charge in [0.25, 0.3) is 0 Å². The largest absolute Gasteiger partial charge is 0.396 e. The molecule has 0 heterocycles. The van der Waals surface area contributed by atoms with Crippen LogP contribution in [0.4, 0.5) is 0 Å². The molecule has 13 heavy (non-hydrogen) atoms. The van der Waals surface area contributed by atoms with Crippen molar-refractivity contribution in [3.63, 3.8) is 0 Å². The average Bonchev–Trinajstić information content (AvgIpc) is 2.12. The lowest BCUT2D eigenvalue weighted by Crippen LogP contribution is -2.36. The number of nitrogens with zero attached hydrogens (tertiary/aromatic N) is 1. The van der Waals surface area contributed by atoms with E-state index in [0.717, 1.165) is 31.4 Å². The van der Waals surface area contributed by atoms with Crippen LogP contribution in [0.15, 0.2) is 0 Å². The van der Waals surface area contributed by atoms with Crippen molar-refractivity contribution in [3.8, 4) is 0 Å². The highest BCUT2D eigenvalue weighted by atomic mass is 79.9. The van der Waals surface area contributed by atoms with Crippen molar-refractivity contribution >= 4 is 15.9 Å². The second-order valence-corrected chi connectivity index (χ2v) is 4.80. The Hall–Kier alpha value is 0.400. The Bertz CT molecular complexity index is 128. The molecule has 0 unspecified atom stereocenters. The summed E-state index contributed by atoms with van der Waals surface area (Å²) in [4.78, 5) is 2.39. The third kappa shape index (κ3) is 6.47. The molecule has 0 amide bonds. The lowest BCUT2D eigenvalue weighted by Gasteiger charge is -2.30. The van der Waals surface area contributed by atoms with Gasteiger partial charge < -0.3 is 10.0 Å². The Labute approximate surface area is 90.4 Å². The summed E-state index contributed by atoms with van der Waals surface area (Å²) in [5, 5.41) is 9.75. The number of hydrogen-bond donors (Lipinski definition) is 1. The SMILES string of the molecule is CCN(CCCO)CC(C)(C)CBr. The van der Waals surface area contributed by atoms with Gasteiger partial charge in [-0.25, -0.2) is 0 Å². The van der Waals surface area contributed by atoms with Crippen LogP contribution in [0.1, 0.15) is 27.2 Å². The predicted octanol–water partition coefficient (Wildman–Crippen LogP) is 2.11. The van der Waals surface area contributed by atoms with Crippen LogP contribution in [0.3, 0.4) is 0 Å². The molecule has 0 aliphatic carbocycles. The van der Waals surface area contributed by atoms with Crippen molar-refractivity contribution in [3.05, 3.63) is 0 Å². The number of aliphatic hydroxyl groups is 1. The fourth-order valence-electron chi connectivity index (χ4n) is 1.29. The van der Waals surface area contributed by atoms with Crippen LogP contribution in [-0.2, 0) is 0 Å². The van der Waals surface area contributed by atoms with Gasteiger partial charge in [0.2, 0.25) is 0 Å². The molecular weight excluding hydrogens is 230 g/mol. The van der Waals surface area contributed by atoms with Gasteiger partial charge >= 0.3 is 0 Å². The summed E-state index contributed by atoms with van der Waals surface area (Å²) in [6.45, 7) is 10.1. The van der Waals surface area contributed by atoms with Crippen molar-refractivity contribution in [2.24, 2.45) is 5.41 Å². The van der Waals surface area contributed by atoms with E-state index in [4.69, 9.17) is 5.11 Å². The molecule has 0 rings (SSSR count). The molecule has 0 aromatic carbocycles. The number of halogens is 1. The van der Waals surface area contributed by atoms with Gasteiger partial charge in [-0.1, -0.05) is 36.7 Å². The fraction of sp³-hybridized carbons (Fsp3) is 1.00. The Morgan fingerprint density at radius 3 is 2.38 bits per heavy atom. The van der Waals surface area contributed by atoms with Crippen LogP contribution in [0, 0.1) is 5.41 Å². The van der Waals surface area contributed by atoms with E-state index >= 15 is 0 Å².